The number of H-pyrrole nitrogens is 1. The quantitative estimate of drug-likeness (QED) is 0.370. The van der Waals surface area contributed by atoms with Crippen LogP contribution < -0.4 is 20.9 Å². The van der Waals surface area contributed by atoms with E-state index in [2.05, 4.69) is 20.4 Å². The van der Waals surface area contributed by atoms with Gasteiger partial charge >= 0.3 is 12.8 Å². The number of alkyl halides is 5. The SMILES string of the molecule is Cc1cc(OC(F)F)c(CNC(=O)c2c(C)n(C(C)C3CCNC(C(F)(F)F)C3)c3ccccc23)c(=O)[nH]1. The lowest BCUT2D eigenvalue weighted by Gasteiger charge is -2.36. The Kier molecular flexibility index (Phi) is 7.82. The lowest BCUT2D eigenvalue weighted by Crippen LogP contribution is -2.48. The van der Waals surface area contributed by atoms with Gasteiger partial charge in [0.1, 0.15) is 11.8 Å². The Morgan fingerprint density at radius 2 is 1.95 bits per heavy atom. The molecule has 1 saturated heterocycles. The van der Waals surface area contributed by atoms with Crippen molar-refractivity contribution >= 4 is 16.8 Å². The van der Waals surface area contributed by atoms with Crippen molar-refractivity contribution in [2.24, 2.45) is 5.92 Å². The molecule has 1 aromatic carbocycles. The molecule has 0 radical (unpaired) electrons. The average molecular weight is 541 g/mol. The molecule has 3 atom stereocenters. The number of aromatic amines is 1. The molecule has 2 aromatic heterocycles. The predicted octanol–water partition coefficient (Wildman–Crippen LogP) is 4.97. The summed E-state index contributed by atoms with van der Waals surface area (Å²) in [5.74, 6) is -1.17. The number of hydrogen-bond donors (Lipinski definition) is 3. The molecule has 0 saturated carbocycles. The molecule has 1 fully saturated rings. The minimum Gasteiger partial charge on any atom is -0.434 e. The Morgan fingerprint density at radius 3 is 2.63 bits per heavy atom. The van der Waals surface area contributed by atoms with Gasteiger partial charge in [-0.25, -0.2) is 0 Å². The van der Waals surface area contributed by atoms with Crippen LogP contribution in [0.2, 0.25) is 0 Å². The van der Waals surface area contributed by atoms with E-state index in [1.807, 2.05) is 11.5 Å². The van der Waals surface area contributed by atoms with Crippen molar-refractivity contribution in [1.29, 1.82) is 0 Å². The minimum atomic E-state index is -4.35. The average Bonchev–Trinajstić information content (AvgIpc) is 3.13. The van der Waals surface area contributed by atoms with Crippen LogP contribution in [0.5, 0.6) is 5.75 Å². The molecule has 206 valence electrons. The van der Waals surface area contributed by atoms with Gasteiger partial charge in [-0.3, -0.25) is 9.59 Å². The summed E-state index contributed by atoms with van der Waals surface area (Å²) in [4.78, 5) is 28.3. The highest BCUT2D eigenvalue weighted by molar-refractivity contribution is 6.08. The fourth-order valence-electron chi connectivity index (χ4n) is 5.36. The summed E-state index contributed by atoms with van der Waals surface area (Å²) in [7, 11) is 0. The van der Waals surface area contributed by atoms with Gasteiger partial charge in [0.15, 0.2) is 0 Å². The first-order chi connectivity index (χ1) is 17.9. The van der Waals surface area contributed by atoms with E-state index in [-0.39, 0.29) is 42.8 Å². The zero-order valence-corrected chi connectivity index (χ0v) is 21.1. The fourth-order valence-corrected chi connectivity index (χ4v) is 5.36. The Morgan fingerprint density at radius 1 is 1.24 bits per heavy atom. The standard InChI is InChI=1S/C26H29F5N4O3/c1-13-10-20(38-25(27)28)18(23(36)34-13)12-33-24(37)22-15(3)35(19-7-5-4-6-17(19)22)14(2)16-8-9-32-21(11-16)26(29,30)31/h4-7,10,14,16,21,25,32H,8-9,11-12H2,1-3H3,(H,33,37)(H,34,36). The van der Waals surface area contributed by atoms with E-state index in [0.717, 1.165) is 0 Å². The normalized spacial score (nSPS) is 19.1. The lowest BCUT2D eigenvalue weighted by molar-refractivity contribution is -0.164. The van der Waals surface area contributed by atoms with Crippen LogP contribution in [0.1, 0.15) is 53.1 Å². The fraction of sp³-hybridized carbons (Fsp3) is 0.462. The molecule has 0 spiro atoms. The van der Waals surface area contributed by atoms with Crippen molar-refractivity contribution in [3.63, 3.8) is 0 Å². The van der Waals surface area contributed by atoms with Crippen LogP contribution in [0.3, 0.4) is 0 Å². The van der Waals surface area contributed by atoms with Gasteiger partial charge in [0, 0.05) is 34.4 Å². The van der Waals surface area contributed by atoms with Gasteiger partial charge in [-0.05, 0) is 52.1 Å². The van der Waals surface area contributed by atoms with Crippen LogP contribution in [0.4, 0.5) is 22.0 Å². The van der Waals surface area contributed by atoms with Crippen LogP contribution in [-0.4, -0.2) is 40.8 Å². The third kappa shape index (κ3) is 5.54. The first-order valence-corrected chi connectivity index (χ1v) is 12.2. The molecular weight excluding hydrogens is 511 g/mol. The minimum absolute atomic E-state index is 0.0821. The molecule has 38 heavy (non-hydrogen) atoms. The number of piperidine rings is 1. The lowest BCUT2D eigenvalue weighted by atomic mass is 9.86. The zero-order valence-electron chi connectivity index (χ0n) is 21.1. The molecule has 12 heteroatoms. The molecule has 7 nitrogen and oxygen atoms in total. The third-order valence-electron chi connectivity index (χ3n) is 7.18. The first-order valence-electron chi connectivity index (χ1n) is 12.2. The summed E-state index contributed by atoms with van der Waals surface area (Å²) in [6, 6.07) is 6.40. The number of nitrogens with one attached hydrogen (secondary N) is 3. The van der Waals surface area contributed by atoms with Crippen molar-refractivity contribution in [1.82, 2.24) is 20.2 Å². The Labute approximate surface area is 215 Å². The summed E-state index contributed by atoms with van der Waals surface area (Å²) in [5.41, 5.74) is 1.04. The van der Waals surface area contributed by atoms with E-state index in [1.54, 1.807) is 31.2 Å². The smallest absolute Gasteiger partial charge is 0.403 e. The molecule has 4 rings (SSSR count). The largest absolute Gasteiger partial charge is 0.434 e. The van der Waals surface area contributed by atoms with Gasteiger partial charge in [0.2, 0.25) is 0 Å². The summed E-state index contributed by atoms with van der Waals surface area (Å²) in [6.07, 6.45) is -3.89. The summed E-state index contributed by atoms with van der Waals surface area (Å²) < 4.78 is 72.3. The van der Waals surface area contributed by atoms with Gasteiger partial charge in [0.05, 0.1) is 17.7 Å². The van der Waals surface area contributed by atoms with Crippen LogP contribution >= 0.6 is 0 Å². The van der Waals surface area contributed by atoms with Crippen molar-refractivity contribution < 1.29 is 31.5 Å². The molecule has 0 aliphatic carbocycles. The van der Waals surface area contributed by atoms with E-state index < -0.39 is 30.3 Å². The molecule has 1 amide bonds. The van der Waals surface area contributed by atoms with Crippen molar-refractivity contribution in [3.05, 3.63) is 63.2 Å². The van der Waals surface area contributed by atoms with Gasteiger partial charge in [-0.1, -0.05) is 18.2 Å². The molecule has 1 aliphatic heterocycles. The number of para-hydroxylation sites is 1. The number of rotatable bonds is 7. The Balaban J connectivity index is 1.65. The summed E-state index contributed by atoms with van der Waals surface area (Å²) >= 11 is 0. The maximum absolute atomic E-state index is 13.4. The number of aryl methyl sites for hydroxylation is 1. The maximum Gasteiger partial charge on any atom is 0.403 e. The first kappa shape index (κ1) is 27.6. The van der Waals surface area contributed by atoms with E-state index in [9.17, 15) is 31.5 Å². The van der Waals surface area contributed by atoms with Crippen molar-refractivity contribution in [2.45, 2.75) is 65.0 Å². The van der Waals surface area contributed by atoms with E-state index in [4.69, 9.17) is 0 Å². The van der Waals surface area contributed by atoms with Gasteiger partial charge in [-0.2, -0.15) is 22.0 Å². The number of hydrogen-bond acceptors (Lipinski definition) is 4. The number of carbonyl (C=O) groups excluding carboxylic acids is 1. The summed E-state index contributed by atoms with van der Waals surface area (Å²) in [5, 5.41) is 5.76. The van der Waals surface area contributed by atoms with Crippen molar-refractivity contribution in [3.8, 4) is 5.75 Å². The van der Waals surface area contributed by atoms with E-state index in [1.165, 1.54) is 13.0 Å². The predicted molar refractivity (Wildman–Crippen MR) is 132 cm³/mol. The number of amides is 1. The molecule has 3 aromatic rings. The molecule has 3 N–H and O–H groups in total. The van der Waals surface area contributed by atoms with E-state index >= 15 is 0 Å². The number of carbonyl (C=O) groups is 1. The number of pyridine rings is 1. The van der Waals surface area contributed by atoms with Crippen LogP contribution in [0, 0.1) is 19.8 Å². The number of halogens is 5. The highest BCUT2D eigenvalue weighted by atomic mass is 19.4. The Hall–Kier alpha value is -3.41. The van der Waals surface area contributed by atoms with Crippen LogP contribution in [0.25, 0.3) is 10.9 Å². The molecule has 0 bridgehead atoms. The van der Waals surface area contributed by atoms with Crippen molar-refractivity contribution in [2.75, 3.05) is 6.54 Å². The number of nitrogens with zero attached hydrogens (tertiary/aromatic N) is 1. The monoisotopic (exact) mass is 540 g/mol. The Bertz CT molecular complexity index is 1380. The molecule has 3 heterocycles. The molecular formula is C26H29F5N4O3. The number of ether oxygens (including phenoxy) is 1. The molecule has 3 unspecified atom stereocenters. The second-order valence-corrected chi connectivity index (χ2v) is 9.61. The second-order valence-electron chi connectivity index (χ2n) is 9.61. The number of fused-ring (bicyclic) bond motifs is 1. The maximum atomic E-state index is 13.4. The van der Waals surface area contributed by atoms with Crippen LogP contribution in [0.15, 0.2) is 35.1 Å². The number of aromatic nitrogens is 2. The summed E-state index contributed by atoms with van der Waals surface area (Å²) in [6.45, 7) is 1.80. The van der Waals surface area contributed by atoms with Gasteiger partial charge < -0.3 is 24.9 Å². The van der Waals surface area contributed by atoms with Gasteiger partial charge in [-0.15, -0.1) is 0 Å². The van der Waals surface area contributed by atoms with Crippen LogP contribution in [-0.2, 0) is 6.54 Å². The van der Waals surface area contributed by atoms with Gasteiger partial charge in [0.25, 0.3) is 11.5 Å². The van der Waals surface area contributed by atoms with E-state index in [0.29, 0.717) is 34.3 Å². The highest BCUT2D eigenvalue weighted by Gasteiger charge is 2.43. The second kappa shape index (κ2) is 10.8. The zero-order chi connectivity index (χ0) is 27.8. The third-order valence-corrected chi connectivity index (χ3v) is 7.18. The topological polar surface area (TPSA) is 88.2 Å². The highest BCUT2D eigenvalue weighted by Crippen LogP contribution is 2.38. The number of benzene rings is 1. The molecule has 1 aliphatic rings.